The van der Waals surface area contributed by atoms with Gasteiger partial charge < -0.3 is 5.73 Å². The van der Waals surface area contributed by atoms with E-state index in [4.69, 9.17) is 5.73 Å². The van der Waals surface area contributed by atoms with Crippen LogP contribution in [-0.4, -0.2) is 27.0 Å². The molecule has 0 aliphatic carbocycles. The highest BCUT2D eigenvalue weighted by molar-refractivity contribution is 7.98. The summed E-state index contributed by atoms with van der Waals surface area (Å²) in [6.45, 7) is 0.921. The first kappa shape index (κ1) is 17.5. The molecular weight excluding hydrogens is 292 g/mol. The van der Waals surface area contributed by atoms with Gasteiger partial charge in [-0.15, -0.1) is 0 Å². The average Bonchev–Trinajstić information content (AvgIpc) is 2.46. The fraction of sp³-hybridized carbons (Fsp3) is 0.571. The Morgan fingerprint density at radius 2 is 1.75 bits per heavy atom. The van der Waals surface area contributed by atoms with Crippen molar-refractivity contribution in [1.82, 2.24) is 4.72 Å². The highest BCUT2D eigenvalue weighted by Gasteiger charge is 2.12. The van der Waals surface area contributed by atoms with E-state index in [1.807, 2.05) is 11.8 Å². The number of hydrogen-bond donors (Lipinski definition) is 2. The van der Waals surface area contributed by atoms with Crippen molar-refractivity contribution in [1.29, 1.82) is 0 Å². The molecule has 114 valence electrons. The molecule has 0 heterocycles. The molecule has 6 heteroatoms. The van der Waals surface area contributed by atoms with E-state index in [1.165, 1.54) is 12.2 Å². The average molecular weight is 316 g/mol. The summed E-state index contributed by atoms with van der Waals surface area (Å²) in [6, 6.07) is 6.69. The quantitative estimate of drug-likeness (QED) is 0.650. The predicted octanol–water partition coefficient (Wildman–Crippen LogP) is 2.35. The molecule has 0 aliphatic rings. The van der Waals surface area contributed by atoms with Crippen molar-refractivity contribution in [2.75, 3.05) is 18.6 Å². The Kier molecular flexibility index (Phi) is 8.21. The van der Waals surface area contributed by atoms with Gasteiger partial charge in [-0.2, -0.15) is 11.8 Å². The molecule has 0 saturated carbocycles. The molecule has 0 fully saturated rings. The van der Waals surface area contributed by atoms with Gasteiger partial charge >= 0.3 is 0 Å². The summed E-state index contributed by atoms with van der Waals surface area (Å²) in [6.07, 6.45) is 6.41. The minimum atomic E-state index is -3.38. The molecule has 0 radical (unpaired) electrons. The maximum absolute atomic E-state index is 12.0. The molecule has 20 heavy (non-hydrogen) atoms. The van der Waals surface area contributed by atoms with Crippen molar-refractivity contribution < 1.29 is 8.42 Å². The molecular formula is C14H24N2O2S2. The third kappa shape index (κ3) is 6.26. The summed E-state index contributed by atoms with van der Waals surface area (Å²) in [7, 11) is -3.38. The van der Waals surface area contributed by atoms with Gasteiger partial charge in [0.1, 0.15) is 0 Å². The van der Waals surface area contributed by atoms with Crippen molar-refractivity contribution in [3.63, 3.8) is 0 Å². The van der Waals surface area contributed by atoms with Gasteiger partial charge in [0.25, 0.3) is 0 Å². The Balaban J connectivity index is 2.33. The fourth-order valence-corrected chi connectivity index (χ4v) is 3.39. The topological polar surface area (TPSA) is 72.2 Å². The van der Waals surface area contributed by atoms with Crippen LogP contribution in [0.5, 0.6) is 0 Å². The molecule has 0 unspecified atom stereocenters. The van der Waals surface area contributed by atoms with Crippen LogP contribution >= 0.6 is 11.8 Å². The van der Waals surface area contributed by atoms with Gasteiger partial charge in [-0.05, 0) is 42.5 Å². The molecule has 0 saturated heterocycles. The van der Waals surface area contributed by atoms with Crippen LogP contribution in [0.2, 0.25) is 0 Å². The number of unbranched alkanes of at least 4 members (excludes halogenated alkanes) is 3. The lowest BCUT2D eigenvalue weighted by atomic mass is 10.2. The van der Waals surface area contributed by atoms with Crippen molar-refractivity contribution >= 4 is 21.8 Å². The van der Waals surface area contributed by atoms with E-state index in [0.29, 0.717) is 18.0 Å². The summed E-state index contributed by atoms with van der Waals surface area (Å²) in [5, 5.41) is 0. The van der Waals surface area contributed by atoms with E-state index in [0.717, 1.165) is 24.8 Å². The van der Waals surface area contributed by atoms with E-state index in [2.05, 4.69) is 11.0 Å². The minimum absolute atomic E-state index is 0.303. The molecule has 0 amide bonds. The Morgan fingerprint density at radius 3 is 2.35 bits per heavy atom. The summed E-state index contributed by atoms with van der Waals surface area (Å²) >= 11 is 1.85. The van der Waals surface area contributed by atoms with Gasteiger partial charge in [0.15, 0.2) is 0 Å². The van der Waals surface area contributed by atoms with Crippen LogP contribution in [0.4, 0.5) is 0 Å². The zero-order chi connectivity index (χ0) is 14.8. The summed E-state index contributed by atoms with van der Waals surface area (Å²) < 4.78 is 26.7. The lowest BCUT2D eigenvalue weighted by Crippen LogP contribution is -2.24. The van der Waals surface area contributed by atoms with Crippen molar-refractivity contribution in [3.05, 3.63) is 29.8 Å². The number of nitrogens with two attached hydrogens (primary N) is 1. The first-order chi connectivity index (χ1) is 9.60. The first-order valence-electron chi connectivity index (χ1n) is 6.88. The van der Waals surface area contributed by atoms with Crippen LogP contribution in [0, 0.1) is 0 Å². The van der Waals surface area contributed by atoms with Gasteiger partial charge in [-0.25, -0.2) is 13.1 Å². The van der Waals surface area contributed by atoms with Crippen LogP contribution in [0.25, 0.3) is 0 Å². The maximum Gasteiger partial charge on any atom is 0.240 e. The maximum atomic E-state index is 12.0. The molecule has 1 rings (SSSR count). The molecule has 0 bridgehead atoms. The van der Waals surface area contributed by atoms with Gasteiger partial charge in [0.2, 0.25) is 10.0 Å². The second-order valence-corrected chi connectivity index (χ2v) is 7.41. The molecule has 4 nitrogen and oxygen atoms in total. The monoisotopic (exact) mass is 316 g/mol. The van der Waals surface area contributed by atoms with Gasteiger partial charge in [-0.3, -0.25) is 0 Å². The highest BCUT2D eigenvalue weighted by Crippen LogP contribution is 2.10. The minimum Gasteiger partial charge on any atom is -0.326 e. The fourth-order valence-electron chi connectivity index (χ4n) is 1.82. The van der Waals surface area contributed by atoms with Crippen molar-refractivity contribution in [3.8, 4) is 0 Å². The Bertz CT molecular complexity index is 472. The number of sulfonamides is 1. The molecule has 0 spiro atoms. The summed E-state index contributed by atoms with van der Waals surface area (Å²) in [5.74, 6) is 1.18. The number of thioether (sulfide) groups is 1. The Labute approximate surface area is 126 Å². The third-order valence-electron chi connectivity index (χ3n) is 3.04. The summed E-state index contributed by atoms with van der Waals surface area (Å²) in [4.78, 5) is 0.303. The van der Waals surface area contributed by atoms with E-state index < -0.39 is 10.0 Å². The SMILES string of the molecule is CSCCCCCCNS(=O)(=O)c1ccc(CN)cc1. The molecule has 0 atom stereocenters. The van der Waals surface area contributed by atoms with Crippen LogP contribution < -0.4 is 10.5 Å². The normalized spacial score (nSPS) is 11.7. The predicted molar refractivity (Wildman–Crippen MR) is 86.4 cm³/mol. The van der Waals surface area contributed by atoms with E-state index in [9.17, 15) is 8.42 Å². The number of rotatable bonds is 10. The van der Waals surface area contributed by atoms with E-state index >= 15 is 0 Å². The van der Waals surface area contributed by atoms with E-state index in [1.54, 1.807) is 24.3 Å². The Hall–Kier alpha value is -0.560. The lowest BCUT2D eigenvalue weighted by molar-refractivity contribution is 0.574. The lowest BCUT2D eigenvalue weighted by Gasteiger charge is -2.07. The van der Waals surface area contributed by atoms with Crippen LogP contribution in [0.1, 0.15) is 31.2 Å². The summed E-state index contributed by atoms with van der Waals surface area (Å²) in [5.41, 5.74) is 6.42. The largest absolute Gasteiger partial charge is 0.326 e. The Morgan fingerprint density at radius 1 is 1.10 bits per heavy atom. The first-order valence-corrected chi connectivity index (χ1v) is 9.75. The molecule has 0 aromatic heterocycles. The standard InChI is InChI=1S/C14H24N2O2S2/c1-19-11-5-3-2-4-10-16-20(17,18)14-8-6-13(12-15)7-9-14/h6-9,16H,2-5,10-12,15H2,1H3. The zero-order valence-corrected chi connectivity index (χ0v) is 13.6. The number of benzene rings is 1. The van der Waals surface area contributed by atoms with Gasteiger partial charge in [0, 0.05) is 13.1 Å². The number of hydrogen-bond acceptors (Lipinski definition) is 4. The second kappa shape index (κ2) is 9.39. The smallest absolute Gasteiger partial charge is 0.240 e. The van der Waals surface area contributed by atoms with Gasteiger partial charge in [0.05, 0.1) is 4.90 Å². The molecule has 1 aromatic carbocycles. The van der Waals surface area contributed by atoms with Gasteiger partial charge in [-0.1, -0.05) is 25.0 Å². The van der Waals surface area contributed by atoms with Crippen molar-refractivity contribution in [2.45, 2.75) is 37.1 Å². The zero-order valence-electron chi connectivity index (χ0n) is 12.0. The third-order valence-corrected chi connectivity index (χ3v) is 5.21. The van der Waals surface area contributed by atoms with E-state index in [-0.39, 0.29) is 0 Å². The highest BCUT2D eigenvalue weighted by atomic mass is 32.2. The van der Waals surface area contributed by atoms with Crippen LogP contribution in [-0.2, 0) is 16.6 Å². The van der Waals surface area contributed by atoms with Crippen LogP contribution in [0.15, 0.2) is 29.2 Å². The molecule has 0 aliphatic heterocycles. The molecule has 1 aromatic rings. The second-order valence-electron chi connectivity index (χ2n) is 4.65. The molecule has 3 N–H and O–H groups in total. The number of nitrogens with one attached hydrogen (secondary N) is 1. The van der Waals surface area contributed by atoms with Crippen molar-refractivity contribution in [2.24, 2.45) is 5.73 Å². The van der Waals surface area contributed by atoms with Crippen LogP contribution in [0.3, 0.4) is 0 Å².